The van der Waals surface area contributed by atoms with E-state index >= 15 is 0 Å². The van der Waals surface area contributed by atoms with Crippen LogP contribution in [0.1, 0.15) is 13.8 Å². The summed E-state index contributed by atoms with van der Waals surface area (Å²) in [6.45, 7) is 6.82. The van der Waals surface area contributed by atoms with Crippen LogP contribution in [-0.2, 0) is 0 Å². The molecule has 0 bridgehead atoms. The SMILES string of the molecule is CCOc1nc(N2CC(C)C(N(C)C)C2)ccc1N. The Kier molecular flexibility index (Phi) is 4.14. The zero-order chi connectivity index (χ0) is 14.0. The second kappa shape index (κ2) is 5.65. The Balaban J connectivity index is 2.17. The quantitative estimate of drug-likeness (QED) is 0.892. The van der Waals surface area contributed by atoms with E-state index in [9.17, 15) is 0 Å². The Morgan fingerprint density at radius 2 is 2.16 bits per heavy atom. The Labute approximate surface area is 115 Å². The molecule has 0 saturated carbocycles. The number of ether oxygens (including phenoxy) is 1. The summed E-state index contributed by atoms with van der Waals surface area (Å²) in [5, 5.41) is 0. The number of likely N-dealkylation sites (N-methyl/N-ethyl adjacent to an activating group) is 1. The predicted molar refractivity (Wildman–Crippen MR) is 78.7 cm³/mol. The zero-order valence-corrected chi connectivity index (χ0v) is 12.3. The van der Waals surface area contributed by atoms with E-state index in [4.69, 9.17) is 10.5 Å². The van der Waals surface area contributed by atoms with Crippen molar-refractivity contribution < 1.29 is 4.74 Å². The lowest BCUT2D eigenvalue weighted by Gasteiger charge is -2.22. The summed E-state index contributed by atoms with van der Waals surface area (Å²) in [5.41, 5.74) is 6.46. The van der Waals surface area contributed by atoms with Crippen LogP contribution < -0.4 is 15.4 Å². The van der Waals surface area contributed by atoms with Gasteiger partial charge in [-0.25, -0.2) is 0 Å². The number of hydrogen-bond acceptors (Lipinski definition) is 5. The fraction of sp³-hybridized carbons (Fsp3) is 0.643. The number of nitrogen functional groups attached to an aromatic ring is 1. The third kappa shape index (κ3) is 2.92. The van der Waals surface area contributed by atoms with Crippen LogP contribution in [0, 0.1) is 5.92 Å². The van der Waals surface area contributed by atoms with Crippen LogP contribution in [0.25, 0.3) is 0 Å². The largest absolute Gasteiger partial charge is 0.476 e. The van der Waals surface area contributed by atoms with E-state index in [0.717, 1.165) is 18.9 Å². The molecule has 0 amide bonds. The molecule has 1 fully saturated rings. The molecule has 1 aromatic rings. The minimum absolute atomic E-state index is 0.543. The molecule has 2 rings (SSSR count). The van der Waals surface area contributed by atoms with Gasteiger partial charge in [-0.1, -0.05) is 6.92 Å². The molecule has 1 aliphatic rings. The third-order valence-electron chi connectivity index (χ3n) is 3.72. The zero-order valence-electron chi connectivity index (χ0n) is 12.3. The first kappa shape index (κ1) is 13.9. The highest BCUT2D eigenvalue weighted by Crippen LogP contribution is 2.28. The first-order valence-corrected chi connectivity index (χ1v) is 6.83. The average Bonchev–Trinajstić information content (AvgIpc) is 2.74. The molecule has 0 aliphatic carbocycles. The van der Waals surface area contributed by atoms with Crippen LogP contribution in [0.15, 0.2) is 12.1 Å². The number of nitrogens with zero attached hydrogens (tertiary/aromatic N) is 3. The first-order chi connectivity index (χ1) is 9.02. The minimum atomic E-state index is 0.543. The van der Waals surface area contributed by atoms with Gasteiger partial charge in [0.05, 0.1) is 12.3 Å². The van der Waals surface area contributed by atoms with Gasteiger partial charge >= 0.3 is 0 Å². The molecule has 5 heteroatoms. The van der Waals surface area contributed by atoms with Crippen molar-refractivity contribution in [1.29, 1.82) is 0 Å². The lowest BCUT2D eigenvalue weighted by molar-refractivity contribution is 0.266. The van der Waals surface area contributed by atoms with Crippen molar-refractivity contribution in [1.82, 2.24) is 9.88 Å². The van der Waals surface area contributed by atoms with Crippen molar-refractivity contribution >= 4 is 11.5 Å². The van der Waals surface area contributed by atoms with Crippen molar-refractivity contribution in [3.63, 3.8) is 0 Å². The molecule has 19 heavy (non-hydrogen) atoms. The molecule has 1 saturated heterocycles. The van der Waals surface area contributed by atoms with Crippen molar-refractivity contribution in [3.8, 4) is 5.88 Å². The normalized spacial score (nSPS) is 23.1. The van der Waals surface area contributed by atoms with E-state index in [-0.39, 0.29) is 0 Å². The second-order valence-electron chi connectivity index (χ2n) is 5.41. The standard InChI is InChI=1S/C14H24N4O/c1-5-19-14-11(15)6-7-13(16-14)18-8-10(2)12(9-18)17(3)4/h6-7,10,12H,5,8-9,15H2,1-4H3. The maximum Gasteiger partial charge on any atom is 0.239 e. The fourth-order valence-corrected chi connectivity index (χ4v) is 2.68. The second-order valence-corrected chi connectivity index (χ2v) is 5.41. The summed E-state index contributed by atoms with van der Waals surface area (Å²) in [7, 11) is 4.26. The summed E-state index contributed by atoms with van der Waals surface area (Å²) in [4.78, 5) is 9.12. The molecule has 1 aromatic heterocycles. The van der Waals surface area contributed by atoms with E-state index in [2.05, 4.69) is 35.8 Å². The van der Waals surface area contributed by atoms with Gasteiger partial charge in [0.2, 0.25) is 5.88 Å². The van der Waals surface area contributed by atoms with Crippen LogP contribution in [0.4, 0.5) is 11.5 Å². The van der Waals surface area contributed by atoms with Crippen molar-refractivity contribution in [2.45, 2.75) is 19.9 Å². The van der Waals surface area contributed by atoms with Gasteiger partial charge in [0.25, 0.3) is 0 Å². The smallest absolute Gasteiger partial charge is 0.239 e. The number of hydrogen-bond donors (Lipinski definition) is 1. The number of rotatable bonds is 4. The number of pyridine rings is 1. The van der Waals surface area contributed by atoms with Crippen molar-refractivity contribution in [2.75, 3.05) is 44.4 Å². The highest BCUT2D eigenvalue weighted by Gasteiger charge is 2.31. The maximum absolute atomic E-state index is 5.86. The average molecular weight is 264 g/mol. The van der Waals surface area contributed by atoms with Crippen LogP contribution >= 0.6 is 0 Å². The monoisotopic (exact) mass is 264 g/mol. The van der Waals surface area contributed by atoms with E-state index < -0.39 is 0 Å². The fourth-order valence-electron chi connectivity index (χ4n) is 2.68. The summed E-state index contributed by atoms with van der Waals surface area (Å²) >= 11 is 0. The third-order valence-corrected chi connectivity index (χ3v) is 3.72. The van der Waals surface area contributed by atoms with E-state index in [0.29, 0.717) is 30.1 Å². The van der Waals surface area contributed by atoms with Crippen molar-refractivity contribution in [3.05, 3.63) is 12.1 Å². The van der Waals surface area contributed by atoms with Crippen LogP contribution in [0.2, 0.25) is 0 Å². The topological polar surface area (TPSA) is 54.6 Å². The summed E-state index contributed by atoms with van der Waals surface area (Å²) in [6, 6.07) is 4.42. The van der Waals surface area contributed by atoms with Gasteiger partial charge < -0.3 is 20.3 Å². The number of nitrogens with two attached hydrogens (primary N) is 1. The molecule has 2 unspecified atom stereocenters. The lowest BCUT2D eigenvalue weighted by atomic mass is 10.1. The van der Waals surface area contributed by atoms with Gasteiger partial charge in [-0.15, -0.1) is 0 Å². The first-order valence-electron chi connectivity index (χ1n) is 6.83. The Morgan fingerprint density at radius 1 is 1.42 bits per heavy atom. The number of anilines is 2. The van der Waals surface area contributed by atoms with Gasteiger partial charge in [-0.05, 0) is 39.1 Å². The molecule has 0 aromatic carbocycles. The minimum Gasteiger partial charge on any atom is -0.476 e. The van der Waals surface area contributed by atoms with Crippen LogP contribution in [0.3, 0.4) is 0 Å². The van der Waals surface area contributed by atoms with Gasteiger partial charge in [0, 0.05) is 19.1 Å². The Hall–Kier alpha value is -1.49. The highest BCUT2D eigenvalue weighted by molar-refractivity contribution is 5.55. The molecule has 106 valence electrons. The predicted octanol–water partition coefficient (Wildman–Crippen LogP) is 1.45. The number of aromatic nitrogens is 1. The summed E-state index contributed by atoms with van der Waals surface area (Å²) in [6.07, 6.45) is 0. The van der Waals surface area contributed by atoms with Gasteiger partial charge in [0.1, 0.15) is 5.82 Å². The summed E-state index contributed by atoms with van der Waals surface area (Å²) in [5.74, 6) is 2.12. The molecule has 2 heterocycles. The molecule has 0 spiro atoms. The molecule has 2 atom stereocenters. The molecule has 1 aliphatic heterocycles. The Morgan fingerprint density at radius 3 is 2.74 bits per heavy atom. The summed E-state index contributed by atoms with van der Waals surface area (Å²) < 4.78 is 5.46. The molecule has 0 radical (unpaired) electrons. The highest BCUT2D eigenvalue weighted by atomic mass is 16.5. The van der Waals surface area contributed by atoms with E-state index in [1.54, 1.807) is 0 Å². The Bertz CT molecular complexity index is 435. The van der Waals surface area contributed by atoms with Gasteiger partial charge in [-0.3, -0.25) is 0 Å². The van der Waals surface area contributed by atoms with Crippen LogP contribution in [0.5, 0.6) is 5.88 Å². The lowest BCUT2D eigenvalue weighted by Crippen LogP contribution is -2.34. The van der Waals surface area contributed by atoms with Gasteiger partial charge in [-0.2, -0.15) is 4.98 Å². The molecular formula is C14H24N4O. The van der Waals surface area contributed by atoms with E-state index in [1.807, 2.05) is 19.1 Å². The molecule has 5 nitrogen and oxygen atoms in total. The maximum atomic E-state index is 5.86. The van der Waals surface area contributed by atoms with E-state index in [1.165, 1.54) is 0 Å². The van der Waals surface area contributed by atoms with Crippen molar-refractivity contribution in [2.24, 2.45) is 5.92 Å². The van der Waals surface area contributed by atoms with Gasteiger partial charge in [0.15, 0.2) is 0 Å². The molecule has 2 N–H and O–H groups in total. The van der Waals surface area contributed by atoms with Crippen LogP contribution in [-0.4, -0.2) is 49.7 Å². The molecular weight excluding hydrogens is 240 g/mol.